The number of oxazole rings is 2. The second kappa shape index (κ2) is 10.8. The Morgan fingerprint density at radius 3 is 2.57 bits per heavy atom. The Balaban J connectivity index is 1.61. The number of aryl methyl sites for hydroxylation is 1. The Kier molecular flexibility index (Phi) is 7.58. The van der Waals surface area contributed by atoms with Crippen LogP contribution in [0.1, 0.15) is 36.8 Å². The van der Waals surface area contributed by atoms with E-state index in [1.165, 1.54) is 33.3 Å². The van der Waals surface area contributed by atoms with Gasteiger partial charge in [-0.2, -0.15) is 0 Å². The molecule has 37 heavy (non-hydrogen) atoms. The van der Waals surface area contributed by atoms with Crippen molar-refractivity contribution in [2.75, 3.05) is 7.11 Å². The molecule has 9 nitrogen and oxygen atoms in total. The fourth-order valence-corrected chi connectivity index (χ4v) is 3.70. The minimum absolute atomic E-state index is 0.0874. The maximum absolute atomic E-state index is 15.1. The van der Waals surface area contributed by atoms with Gasteiger partial charge in [0.1, 0.15) is 12.0 Å². The number of methoxy groups -OCH3 is 1. The molecule has 194 valence electrons. The van der Waals surface area contributed by atoms with Gasteiger partial charge < -0.3 is 23.4 Å². The summed E-state index contributed by atoms with van der Waals surface area (Å²) in [6.07, 6.45) is 3.04. The summed E-state index contributed by atoms with van der Waals surface area (Å²) < 4.78 is 37.3. The fraction of sp³-hybridized carbons (Fsp3) is 0.296. The highest BCUT2D eigenvalue weighted by atomic mass is 19.1. The standard InChI is InChI=1S/C27H28FN3O6/c1-17-21(30-25(36-17)19-8-6-5-7-9-19)15-31(16-23-29-10-11-35-23)14-18-12-20(28)24(22(13-18)34-4)37-27(2,3)26(32)33/h5-13H,14-16H2,1-4H3,(H,32,33). The SMILES string of the molecule is COc1cc(CN(Cc2ncco2)Cc2nc(-c3ccccc3)oc2C)cc(F)c1OC(C)(C)C(=O)O. The van der Waals surface area contributed by atoms with Crippen LogP contribution in [0, 0.1) is 12.7 Å². The zero-order valence-corrected chi connectivity index (χ0v) is 21.0. The molecule has 0 saturated carbocycles. The summed E-state index contributed by atoms with van der Waals surface area (Å²) in [5.74, 6) is -0.474. The van der Waals surface area contributed by atoms with Crippen LogP contribution in [0.2, 0.25) is 0 Å². The first-order valence-electron chi connectivity index (χ1n) is 11.6. The average Bonchev–Trinajstić information content (AvgIpc) is 3.50. The molecular weight excluding hydrogens is 481 g/mol. The van der Waals surface area contributed by atoms with Crippen LogP contribution in [0.5, 0.6) is 11.5 Å². The molecule has 0 aliphatic rings. The summed E-state index contributed by atoms with van der Waals surface area (Å²) in [6.45, 7) is 5.50. The maximum atomic E-state index is 15.1. The third-order valence-corrected chi connectivity index (χ3v) is 5.70. The van der Waals surface area contributed by atoms with Crippen molar-refractivity contribution >= 4 is 5.97 Å². The Bertz CT molecular complexity index is 1350. The van der Waals surface area contributed by atoms with Gasteiger partial charge in [0.05, 0.1) is 25.5 Å². The largest absolute Gasteiger partial charge is 0.493 e. The average molecular weight is 510 g/mol. The monoisotopic (exact) mass is 509 g/mol. The molecule has 0 bridgehead atoms. The maximum Gasteiger partial charge on any atom is 0.347 e. The molecule has 0 saturated heterocycles. The number of carboxylic acids is 1. The number of aliphatic carboxylic acids is 1. The lowest BCUT2D eigenvalue weighted by molar-refractivity contribution is -0.152. The minimum atomic E-state index is -1.65. The van der Waals surface area contributed by atoms with Crippen LogP contribution in [0.15, 0.2) is 63.8 Å². The van der Waals surface area contributed by atoms with Gasteiger partial charge in [0.2, 0.25) is 11.8 Å². The zero-order valence-electron chi connectivity index (χ0n) is 21.0. The van der Waals surface area contributed by atoms with Crippen LogP contribution in [-0.4, -0.2) is 38.7 Å². The van der Waals surface area contributed by atoms with Crippen molar-refractivity contribution < 1.29 is 32.6 Å². The van der Waals surface area contributed by atoms with Gasteiger partial charge in [-0.05, 0) is 50.6 Å². The van der Waals surface area contributed by atoms with Gasteiger partial charge in [0.15, 0.2) is 22.9 Å². The van der Waals surface area contributed by atoms with Crippen molar-refractivity contribution in [1.82, 2.24) is 14.9 Å². The number of hydrogen-bond donors (Lipinski definition) is 1. The first-order valence-corrected chi connectivity index (χ1v) is 11.6. The number of aromatic nitrogens is 2. The number of benzene rings is 2. The van der Waals surface area contributed by atoms with E-state index in [2.05, 4.69) is 9.97 Å². The van der Waals surface area contributed by atoms with E-state index >= 15 is 4.39 Å². The Labute approximate surface area is 213 Å². The number of carboxylic acid groups (broad SMARTS) is 1. The van der Waals surface area contributed by atoms with Crippen molar-refractivity contribution in [3.63, 3.8) is 0 Å². The molecule has 0 fully saturated rings. The molecule has 0 atom stereocenters. The highest BCUT2D eigenvalue weighted by Gasteiger charge is 2.32. The molecular formula is C27H28FN3O6. The highest BCUT2D eigenvalue weighted by molar-refractivity contribution is 5.77. The van der Waals surface area contributed by atoms with E-state index in [1.54, 1.807) is 12.3 Å². The third-order valence-electron chi connectivity index (χ3n) is 5.70. The molecule has 0 radical (unpaired) electrons. The second-order valence-corrected chi connectivity index (χ2v) is 8.99. The molecule has 2 aromatic heterocycles. The highest BCUT2D eigenvalue weighted by Crippen LogP contribution is 2.35. The topological polar surface area (TPSA) is 111 Å². The number of ether oxygens (including phenoxy) is 2. The summed E-state index contributed by atoms with van der Waals surface area (Å²) >= 11 is 0. The third kappa shape index (κ3) is 6.15. The molecule has 0 amide bonds. The molecule has 0 spiro atoms. The number of carbonyl (C=O) groups is 1. The lowest BCUT2D eigenvalue weighted by Crippen LogP contribution is -2.38. The molecule has 2 aromatic carbocycles. The van der Waals surface area contributed by atoms with E-state index < -0.39 is 17.4 Å². The molecule has 0 aliphatic carbocycles. The van der Waals surface area contributed by atoms with Crippen LogP contribution >= 0.6 is 0 Å². The van der Waals surface area contributed by atoms with E-state index in [1.807, 2.05) is 42.2 Å². The Morgan fingerprint density at radius 2 is 1.92 bits per heavy atom. The summed E-state index contributed by atoms with van der Waals surface area (Å²) in [6, 6.07) is 12.5. The molecule has 10 heteroatoms. The van der Waals surface area contributed by atoms with E-state index in [-0.39, 0.29) is 18.0 Å². The first kappa shape index (κ1) is 25.9. The minimum Gasteiger partial charge on any atom is -0.493 e. The van der Waals surface area contributed by atoms with Gasteiger partial charge in [-0.1, -0.05) is 18.2 Å². The van der Waals surface area contributed by atoms with Gasteiger partial charge in [0.25, 0.3) is 0 Å². The number of halogens is 1. The molecule has 4 aromatic rings. The van der Waals surface area contributed by atoms with E-state index in [9.17, 15) is 9.90 Å². The Morgan fingerprint density at radius 1 is 1.16 bits per heavy atom. The summed E-state index contributed by atoms with van der Waals surface area (Å²) in [5, 5.41) is 9.37. The van der Waals surface area contributed by atoms with Gasteiger partial charge in [-0.25, -0.2) is 19.2 Å². The summed E-state index contributed by atoms with van der Waals surface area (Å²) in [4.78, 5) is 22.3. The normalized spacial score (nSPS) is 11.6. The van der Waals surface area contributed by atoms with E-state index in [0.717, 1.165) is 11.3 Å². The van der Waals surface area contributed by atoms with Crippen molar-refractivity contribution in [3.05, 3.63) is 83.7 Å². The lowest BCUT2D eigenvalue weighted by atomic mass is 10.1. The predicted octanol–water partition coefficient (Wildman–Crippen LogP) is 5.23. The Hall–Kier alpha value is -4.18. The molecule has 0 unspecified atom stereocenters. The number of rotatable bonds is 11. The second-order valence-electron chi connectivity index (χ2n) is 8.99. The molecule has 2 heterocycles. The summed E-state index contributed by atoms with van der Waals surface area (Å²) in [5.41, 5.74) is 0.516. The van der Waals surface area contributed by atoms with Gasteiger partial charge >= 0.3 is 5.97 Å². The van der Waals surface area contributed by atoms with Crippen molar-refractivity contribution in [2.24, 2.45) is 0 Å². The van der Waals surface area contributed by atoms with Crippen LogP contribution in [0.3, 0.4) is 0 Å². The van der Waals surface area contributed by atoms with Gasteiger partial charge in [0, 0.05) is 18.7 Å². The van der Waals surface area contributed by atoms with Crippen LogP contribution in [0.4, 0.5) is 4.39 Å². The van der Waals surface area contributed by atoms with Gasteiger partial charge in [-0.3, -0.25) is 4.90 Å². The van der Waals surface area contributed by atoms with Crippen molar-refractivity contribution in [3.8, 4) is 23.0 Å². The summed E-state index contributed by atoms with van der Waals surface area (Å²) in [7, 11) is 1.37. The lowest BCUT2D eigenvalue weighted by Gasteiger charge is -2.24. The predicted molar refractivity (Wildman–Crippen MR) is 131 cm³/mol. The van der Waals surface area contributed by atoms with E-state index in [0.29, 0.717) is 36.2 Å². The van der Waals surface area contributed by atoms with Crippen LogP contribution in [-0.2, 0) is 24.4 Å². The van der Waals surface area contributed by atoms with Crippen LogP contribution < -0.4 is 9.47 Å². The molecule has 0 aliphatic heterocycles. The molecule has 1 N–H and O–H groups in total. The van der Waals surface area contributed by atoms with Crippen molar-refractivity contribution in [1.29, 1.82) is 0 Å². The zero-order chi connectivity index (χ0) is 26.6. The number of hydrogen-bond acceptors (Lipinski definition) is 8. The fourth-order valence-electron chi connectivity index (χ4n) is 3.70. The quantitative estimate of drug-likeness (QED) is 0.290. The number of nitrogens with zero attached hydrogens (tertiary/aromatic N) is 3. The van der Waals surface area contributed by atoms with Crippen LogP contribution in [0.25, 0.3) is 11.5 Å². The van der Waals surface area contributed by atoms with E-state index in [4.69, 9.17) is 18.3 Å². The first-order chi connectivity index (χ1) is 17.7. The molecule has 4 rings (SSSR count). The van der Waals surface area contributed by atoms with Gasteiger partial charge in [-0.15, -0.1) is 0 Å². The van der Waals surface area contributed by atoms with Crippen molar-refractivity contribution in [2.45, 2.75) is 46.0 Å². The smallest absolute Gasteiger partial charge is 0.347 e.